The molecule has 0 bridgehead atoms. The number of carbonyl (C=O) groups excluding carboxylic acids is 3. The van der Waals surface area contributed by atoms with Gasteiger partial charge in [0.05, 0.1) is 0 Å². The van der Waals surface area contributed by atoms with Gasteiger partial charge in [-0.2, -0.15) is 0 Å². The molecule has 0 aromatic heterocycles. The van der Waals surface area contributed by atoms with Crippen LogP contribution < -0.4 is 59.1 Å². The summed E-state index contributed by atoms with van der Waals surface area (Å²) in [5, 5.41) is 0. The van der Waals surface area contributed by atoms with Crippen molar-refractivity contribution in [1.82, 2.24) is 0 Å². The molecule has 0 aliphatic heterocycles. The Morgan fingerprint density at radius 3 is 1.06 bits per heavy atom. The Hall–Kier alpha value is 0.540. The van der Waals surface area contributed by atoms with Crippen LogP contribution in [-0.2, 0) is 28.3 Å². The van der Waals surface area contributed by atoms with Gasteiger partial charge in [0.25, 0.3) is 17.9 Å². The quantitative estimate of drug-likeness (QED) is 0.463. The predicted octanol–water partition coefficient (Wildman–Crippen LogP) is -8.05. The molecule has 0 N–H and O–H groups in total. The molecular weight excluding hydrogens is 236 g/mol. The molecule has 0 saturated heterocycles. The molecule has 0 aromatic carbocycles. The van der Waals surface area contributed by atoms with E-state index in [0.717, 1.165) is 20.8 Å². The van der Waals surface area contributed by atoms with Gasteiger partial charge in [-0.25, -0.2) is 0 Å². The van der Waals surface area contributed by atoms with E-state index in [1.165, 1.54) is 0 Å². The summed E-state index contributed by atoms with van der Waals surface area (Å²) in [5.41, 5.74) is 0. The van der Waals surface area contributed by atoms with Crippen LogP contribution >= 0.6 is 0 Å². The number of hydrogen-bond acceptors (Lipinski definition) is 6. The smallest absolute Gasteiger partial charge is 0.625 e. The fraction of sp³-hybridized carbons (Fsp3) is 0.500. The number of rotatable bonds is 3. The van der Waals surface area contributed by atoms with Crippen molar-refractivity contribution in [2.75, 3.05) is 0 Å². The van der Waals surface area contributed by atoms with Crippen LogP contribution in [0.3, 0.4) is 0 Å². The normalized spacial score (nSPS) is 7.50. The zero-order valence-electron chi connectivity index (χ0n) is 9.66. The predicted molar refractivity (Wildman–Crippen MR) is 53.8 cm³/mol. The van der Waals surface area contributed by atoms with Crippen molar-refractivity contribution in [1.29, 1.82) is 0 Å². The van der Waals surface area contributed by atoms with Crippen molar-refractivity contribution in [3.8, 4) is 0 Å². The first-order valence-electron chi connectivity index (χ1n) is 3.59. The fourth-order valence-corrected chi connectivity index (χ4v) is 0.586. The third-order valence-corrected chi connectivity index (χ3v) is 0.963. The summed E-state index contributed by atoms with van der Waals surface area (Å²) in [6, 6.07) is 0. The van der Waals surface area contributed by atoms with Gasteiger partial charge in [-0.05, 0) is 0 Å². The summed E-state index contributed by atoms with van der Waals surface area (Å²) in [5.74, 6) is -2.03. The van der Waals surface area contributed by atoms with Crippen LogP contribution in [0.15, 0.2) is 0 Å². The Morgan fingerprint density at radius 1 is 0.750 bits per heavy atom. The number of hydrogen-bond donors (Lipinski definition) is 0. The van der Waals surface area contributed by atoms with E-state index >= 15 is 0 Å². The van der Waals surface area contributed by atoms with Gasteiger partial charge >= 0.3 is 66.4 Å². The van der Waals surface area contributed by atoms with Gasteiger partial charge in [0.1, 0.15) is 0 Å². The fourth-order valence-electron chi connectivity index (χ4n) is 0.586. The molecule has 0 fully saturated rings. The van der Waals surface area contributed by atoms with Crippen molar-refractivity contribution in [3.05, 3.63) is 0 Å². The summed E-state index contributed by atoms with van der Waals surface area (Å²) < 4.78 is 13.3. The Bertz CT molecular complexity index is 199. The second-order valence-electron chi connectivity index (χ2n) is 2.26. The van der Waals surface area contributed by atoms with Crippen LogP contribution in [0.1, 0.15) is 20.8 Å². The minimum atomic E-state index is -2.41. The van der Waals surface area contributed by atoms with E-state index < -0.39 is 25.2 Å². The average Bonchev–Trinajstić information content (AvgIpc) is 1.80. The van der Waals surface area contributed by atoms with E-state index in [0.29, 0.717) is 0 Å². The van der Waals surface area contributed by atoms with Gasteiger partial charge in [-0.3, -0.25) is 14.4 Å². The van der Waals surface area contributed by atoms with Gasteiger partial charge in [0, 0.05) is 20.8 Å². The SMILES string of the molecule is CC(=O)O[BH-](OC(C)=O)OC(C)=O.[BH4-].[Na+].[Na+]. The van der Waals surface area contributed by atoms with Crippen LogP contribution in [0.2, 0.25) is 0 Å². The second kappa shape index (κ2) is 13.6. The van der Waals surface area contributed by atoms with Crippen LogP contribution in [0, 0.1) is 0 Å². The molecule has 82 valence electrons. The van der Waals surface area contributed by atoms with E-state index in [4.69, 9.17) is 0 Å². The molecule has 0 atom stereocenters. The topological polar surface area (TPSA) is 78.9 Å². The van der Waals surface area contributed by atoms with Crippen LogP contribution in [0.25, 0.3) is 0 Å². The maximum Gasteiger partial charge on any atom is 1.00 e. The van der Waals surface area contributed by atoms with Gasteiger partial charge in [0.2, 0.25) is 0 Å². The minimum absolute atomic E-state index is 0. The van der Waals surface area contributed by atoms with E-state index in [1.807, 2.05) is 0 Å². The standard InChI is InChI=1S/C6H10BO6.BH4.2Na/c1-4(8)11-7(12-5(2)9)13-6(3)10;;;/h7H,1-3H3;1H4;;/q2*-1;2*+1. The molecule has 0 spiro atoms. The maximum absolute atomic E-state index is 10.4. The van der Waals surface area contributed by atoms with Crippen molar-refractivity contribution in [3.63, 3.8) is 0 Å². The molecule has 0 unspecified atom stereocenters. The summed E-state index contributed by atoms with van der Waals surface area (Å²) in [6.07, 6.45) is 0. The molecule has 0 radical (unpaired) electrons. The van der Waals surface area contributed by atoms with Crippen LogP contribution in [0.4, 0.5) is 0 Å². The first-order chi connectivity index (χ1) is 5.91. The maximum atomic E-state index is 10.4. The zero-order chi connectivity index (χ0) is 10.4. The summed E-state index contributed by atoms with van der Waals surface area (Å²) in [7, 11) is -2.41. The first-order valence-corrected chi connectivity index (χ1v) is 3.59. The van der Waals surface area contributed by atoms with Crippen LogP contribution in [0.5, 0.6) is 0 Å². The van der Waals surface area contributed by atoms with Gasteiger partial charge in [-0.15, -0.1) is 0 Å². The summed E-state index contributed by atoms with van der Waals surface area (Å²) in [4.78, 5) is 31.3. The molecule has 0 heterocycles. The average molecular weight is 250 g/mol. The number of carbonyl (C=O) groups is 3. The Morgan fingerprint density at radius 2 is 0.938 bits per heavy atom. The summed E-state index contributed by atoms with van der Waals surface area (Å²) in [6.45, 7) is 3.35. The zero-order valence-corrected chi connectivity index (χ0v) is 13.7. The third-order valence-electron chi connectivity index (χ3n) is 0.963. The summed E-state index contributed by atoms with van der Waals surface area (Å²) >= 11 is 0. The molecule has 0 aliphatic carbocycles. The molecule has 0 aliphatic rings. The molecule has 0 saturated carbocycles. The van der Waals surface area contributed by atoms with Crippen LogP contribution in [-0.4, -0.2) is 33.6 Å². The van der Waals surface area contributed by atoms with E-state index in [2.05, 4.69) is 14.0 Å². The molecule has 10 heteroatoms. The van der Waals surface area contributed by atoms with E-state index in [1.54, 1.807) is 0 Å². The van der Waals surface area contributed by atoms with Crippen molar-refractivity contribution >= 4 is 33.6 Å². The minimum Gasteiger partial charge on any atom is -0.625 e. The molecular formula is C6H14B2Na2O6. The Kier molecular flexibility index (Phi) is 21.6. The second-order valence-corrected chi connectivity index (χ2v) is 2.26. The monoisotopic (exact) mass is 250 g/mol. The van der Waals surface area contributed by atoms with Gasteiger partial charge in [-0.1, -0.05) is 8.41 Å². The van der Waals surface area contributed by atoms with Crippen molar-refractivity contribution in [2.24, 2.45) is 0 Å². The van der Waals surface area contributed by atoms with Crippen molar-refractivity contribution < 1.29 is 87.5 Å². The van der Waals surface area contributed by atoms with Crippen molar-refractivity contribution in [2.45, 2.75) is 20.8 Å². The van der Waals surface area contributed by atoms with Gasteiger partial charge in [0.15, 0.2) is 0 Å². The molecule has 6 nitrogen and oxygen atoms in total. The largest absolute Gasteiger partial charge is 1.00 e. The third kappa shape index (κ3) is 17.0. The Labute approximate surface area is 140 Å². The molecule has 0 rings (SSSR count). The van der Waals surface area contributed by atoms with E-state index in [-0.39, 0.29) is 67.5 Å². The molecule has 16 heavy (non-hydrogen) atoms. The molecule has 0 aromatic rings. The van der Waals surface area contributed by atoms with E-state index in [9.17, 15) is 14.4 Å². The molecule has 0 amide bonds. The first kappa shape index (κ1) is 25.4. The van der Waals surface area contributed by atoms with Gasteiger partial charge < -0.3 is 14.0 Å². The Balaban J connectivity index is -0.000000240.